The molecule has 0 aromatic carbocycles. The molecule has 1 heterocycles. The molecule has 0 spiro atoms. The number of aliphatic carboxylic acids is 1. The number of alkyl halides is 3. The Hall–Kier alpha value is -2.03. The van der Waals surface area contributed by atoms with Crippen LogP contribution in [0.15, 0.2) is 6.07 Å². The molecule has 0 saturated heterocycles. The van der Waals surface area contributed by atoms with Gasteiger partial charge < -0.3 is 20.3 Å². The number of pyridine rings is 1. The van der Waals surface area contributed by atoms with Crippen LogP contribution in [0.25, 0.3) is 0 Å². The van der Waals surface area contributed by atoms with Gasteiger partial charge in [0.15, 0.2) is 0 Å². The summed E-state index contributed by atoms with van der Waals surface area (Å²) in [5.74, 6) is -2.05. The Kier molecular flexibility index (Phi) is 4.54. The van der Waals surface area contributed by atoms with Gasteiger partial charge in [-0.25, -0.2) is 4.98 Å². The molecule has 0 amide bonds. The number of aromatic nitrogens is 1. The van der Waals surface area contributed by atoms with Crippen molar-refractivity contribution in [2.45, 2.75) is 19.3 Å². The molecule has 1 aromatic rings. The van der Waals surface area contributed by atoms with Crippen LogP contribution < -0.4 is 15.2 Å². The van der Waals surface area contributed by atoms with Gasteiger partial charge >= 0.3 is 12.3 Å². The van der Waals surface area contributed by atoms with Crippen molar-refractivity contribution in [3.8, 4) is 11.6 Å². The maximum Gasteiger partial charge on any atom is 0.573 e. The van der Waals surface area contributed by atoms with Crippen LogP contribution in [0.2, 0.25) is 0 Å². The minimum absolute atomic E-state index is 0.0889. The van der Waals surface area contributed by atoms with E-state index in [1.165, 1.54) is 7.11 Å². The predicted octanol–water partition coefficient (Wildman–Crippen LogP) is 1.07. The van der Waals surface area contributed by atoms with Crippen molar-refractivity contribution in [3.05, 3.63) is 17.3 Å². The monoisotopic (exact) mass is 280 g/mol. The second kappa shape index (κ2) is 5.74. The van der Waals surface area contributed by atoms with E-state index in [0.29, 0.717) is 0 Å². The van der Waals surface area contributed by atoms with Crippen molar-refractivity contribution in [1.29, 1.82) is 0 Å². The summed E-state index contributed by atoms with van der Waals surface area (Å²) in [6, 6.07) is 0.881. The third-order valence-electron chi connectivity index (χ3n) is 2.05. The second-order valence-corrected chi connectivity index (χ2v) is 3.42. The number of carbonyl (C=O) groups is 1. The fraction of sp³-hybridized carbons (Fsp3) is 0.400. The van der Waals surface area contributed by atoms with E-state index in [9.17, 15) is 18.0 Å². The number of halogens is 3. The van der Waals surface area contributed by atoms with Gasteiger partial charge in [0, 0.05) is 12.6 Å². The number of nitrogens with zero attached hydrogens (tertiary/aromatic N) is 1. The minimum atomic E-state index is -4.92. The van der Waals surface area contributed by atoms with E-state index in [-0.39, 0.29) is 23.7 Å². The maximum atomic E-state index is 12.2. The van der Waals surface area contributed by atoms with Crippen LogP contribution in [0.3, 0.4) is 0 Å². The number of ether oxygens (including phenoxy) is 2. The molecular formula is C10H11F3N2O4. The summed E-state index contributed by atoms with van der Waals surface area (Å²) in [4.78, 5) is 14.3. The second-order valence-electron chi connectivity index (χ2n) is 3.42. The third kappa shape index (κ3) is 4.28. The number of hydrogen-bond acceptors (Lipinski definition) is 5. The van der Waals surface area contributed by atoms with Crippen LogP contribution in [0, 0.1) is 0 Å². The van der Waals surface area contributed by atoms with E-state index >= 15 is 0 Å². The summed E-state index contributed by atoms with van der Waals surface area (Å²) in [6.07, 6.45) is -5.48. The molecule has 1 rings (SSSR count). The Bertz CT molecular complexity index is 477. The molecule has 0 aliphatic heterocycles. The molecule has 1 aromatic heterocycles. The van der Waals surface area contributed by atoms with Gasteiger partial charge in [-0.05, 0) is 0 Å². The highest BCUT2D eigenvalue weighted by Gasteiger charge is 2.33. The van der Waals surface area contributed by atoms with Crippen LogP contribution >= 0.6 is 0 Å². The van der Waals surface area contributed by atoms with Crippen molar-refractivity contribution in [2.75, 3.05) is 7.11 Å². The summed E-state index contributed by atoms with van der Waals surface area (Å²) in [6.45, 7) is -0.297. The molecule has 0 aliphatic carbocycles. The topological polar surface area (TPSA) is 94.7 Å². The van der Waals surface area contributed by atoms with Crippen LogP contribution in [0.1, 0.15) is 11.3 Å². The lowest BCUT2D eigenvalue weighted by Crippen LogP contribution is -2.20. The lowest BCUT2D eigenvalue weighted by Gasteiger charge is -2.15. The predicted molar refractivity (Wildman–Crippen MR) is 56.7 cm³/mol. The molecule has 106 valence electrons. The van der Waals surface area contributed by atoms with E-state index in [1.54, 1.807) is 0 Å². The van der Waals surface area contributed by atoms with Gasteiger partial charge in [0.2, 0.25) is 5.88 Å². The third-order valence-corrected chi connectivity index (χ3v) is 2.05. The molecule has 0 saturated carbocycles. The largest absolute Gasteiger partial charge is 0.573 e. The highest BCUT2D eigenvalue weighted by Crippen LogP contribution is 2.32. The van der Waals surface area contributed by atoms with Crippen LogP contribution in [0.4, 0.5) is 13.2 Å². The van der Waals surface area contributed by atoms with Gasteiger partial charge in [0.25, 0.3) is 0 Å². The Morgan fingerprint density at radius 2 is 2.16 bits per heavy atom. The zero-order valence-electron chi connectivity index (χ0n) is 9.82. The van der Waals surface area contributed by atoms with Gasteiger partial charge in [0.1, 0.15) is 5.75 Å². The molecule has 0 aliphatic rings. The van der Waals surface area contributed by atoms with Crippen molar-refractivity contribution in [2.24, 2.45) is 5.73 Å². The van der Waals surface area contributed by atoms with E-state index in [2.05, 4.69) is 9.72 Å². The fourth-order valence-electron chi connectivity index (χ4n) is 1.39. The summed E-state index contributed by atoms with van der Waals surface area (Å²) >= 11 is 0. The number of carboxylic acid groups (broad SMARTS) is 1. The summed E-state index contributed by atoms with van der Waals surface area (Å²) in [5, 5.41) is 8.61. The first kappa shape index (κ1) is 15.0. The minimum Gasteiger partial charge on any atom is -0.481 e. The summed E-state index contributed by atoms with van der Waals surface area (Å²) in [5.41, 5.74) is 5.10. The van der Waals surface area contributed by atoms with Crippen molar-refractivity contribution in [3.63, 3.8) is 0 Å². The van der Waals surface area contributed by atoms with E-state index in [4.69, 9.17) is 15.6 Å². The average molecular weight is 280 g/mol. The standard InChI is InChI=1S/C10H11F3N2O4/c1-18-9-6(4-14)7(19-10(11,12)13)2-5(15-9)3-8(16)17/h2H,3-4,14H2,1H3,(H,16,17). The van der Waals surface area contributed by atoms with Gasteiger partial charge in [0.05, 0.1) is 24.8 Å². The number of hydrogen-bond donors (Lipinski definition) is 2. The number of carboxylic acids is 1. The first-order valence-electron chi connectivity index (χ1n) is 5.01. The van der Waals surface area contributed by atoms with Crippen LogP contribution in [-0.2, 0) is 17.8 Å². The highest BCUT2D eigenvalue weighted by atomic mass is 19.4. The zero-order chi connectivity index (χ0) is 14.6. The SMILES string of the molecule is COc1nc(CC(=O)O)cc(OC(F)(F)F)c1CN. The molecule has 0 unspecified atom stereocenters. The average Bonchev–Trinajstić information content (AvgIpc) is 2.25. The van der Waals surface area contributed by atoms with Gasteiger partial charge in [-0.15, -0.1) is 13.2 Å². The summed E-state index contributed by atoms with van der Waals surface area (Å²) < 4.78 is 45.3. The molecule has 9 heteroatoms. The van der Waals surface area contributed by atoms with E-state index in [0.717, 1.165) is 6.07 Å². The molecule has 3 N–H and O–H groups in total. The molecule has 0 radical (unpaired) electrons. The molecule has 0 atom stereocenters. The lowest BCUT2D eigenvalue weighted by atomic mass is 10.2. The number of rotatable bonds is 5. The Labute approximate surface area is 105 Å². The Balaban J connectivity index is 3.27. The highest BCUT2D eigenvalue weighted by molar-refractivity contribution is 5.70. The summed E-state index contributed by atoms with van der Waals surface area (Å²) in [7, 11) is 1.18. The molecule has 19 heavy (non-hydrogen) atoms. The van der Waals surface area contributed by atoms with Gasteiger partial charge in [-0.3, -0.25) is 4.79 Å². The first-order chi connectivity index (χ1) is 8.76. The Morgan fingerprint density at radius 1 is 1.53 bits per heavy atom. The molecule has 0 fully saturated rings. The van der Waals surface area contributed by atoms with E-state index < -0.39 is 24.5 Å². The van der Waals surface area contributed by atoms with Crippen molar-refractivity contribution >= 4 is 5.97 Å². The van der Waals surface area contributed by atoms with Crippen LogP contribution in [-0.4, -0.2) is 29.5 Å². The number of nitrogens with two attached hydrogens (primary N) is 1. The Morgan fingerprint density at radius 3 is 2.58 bits per heavy atom. The fourth-order valence-corrected chi connectivity index (χ4v) is 1.39. The van der Waals surface area contributed by atoms with Crippen molar-refractivity contribution < 1.29 is 32.5 Å². The zero-order valence-corrected chi connectivity index (χ0v) is 9.82. The number of methoxy groups -OCH3 is 1. The van der Waals surface area contributed by atoms with Crippen LogP contribution in [0.5, 0.6) is 11.6 Å². The molecule has 6 nitrogen and oxygen atoms in total. The first-order valence-corrected chi connectivity index (χ1v) is 5.01. The lowest BCUT2D eigenvalue weighted by molar-refractivity contribution is -0.274. The van der Waals surface area contributed by atoms with E-state index in [1.807, 2.05) is 0 Å². The molecule has 0 bridgehead atoms. The quantitative estimate of drug-likeness (QED) is 0.838. The smallest absolute Gasteiger partial charge is 0.481 e. The van der Waals surface area contributed by atoms with Crippen molar-refractivity contribution in [1.82, 2.24) is 4.98 Å². The normalized spacial score (nSPS) is 11.2. The van der Waals surface area contributed by atoms with Gasteiger partial charge in [-0.2, -0.15) is 0 Å². The molecular weight excluding hydrogens is 269 g/mol. The maximum absolute atomic E-state index is 12.2. The van der Waals surface area contributed by atoms with Gasteiger partial charge in [-0.1, -0.05) is 0 Å².